The summed E-state index contributed by atoms with van der Waals surface area (Å²) < 4.78 is 42.9. The van der Waals surface area contributed by atoms with E-state index in [0.717, 1.165) is 30.6 Å². The Morgan fingerprint density at radius 3 is 2.60 bits per heavy atom. The van der Waals surface area contributed by atoms with Crippen molar-refractivity contribution < 1.29 is 32.2 Å². The molecule has 0 bridgehead atoms. The summed E-state index contributed by atoms with van der Waals surface area (Å²) in [6, 6.07) is 0.0229. The molecular weight excluding hydrogens is 432 g/mol. The molecule has 11 heteroatoms. The molecule has 1 aromatic rings. The number of ether oxygens (including phenoxy) is 3. The van der Waals surface area contributed by atoms with Crippen molar-refractivity contribution in [3.8, 4) is 5.75 Å². The van der Waals surface area contributed by atoms with Crippen LogP contribution < -0.4 is 4.74 Å². The fourth-order valence-corrected chi connectivity index (χ4v) is 7.04. The van der Waals surface area contributed by atoms with Gasteiger partial charge in [0.1, 0.15) is 12.2 Å². The van der Waals surface area contributed by atoms with Crippen LogP contribution in [0.1, 0.15) is 49.4 Å². The lowest BCUT2D eigenvalue weighted by atomic mass is 10.0. The van der Waals surface area contributed by atoms with E-state index in [1.807, 2.05) is 0 Å². The fraction of sp³-hybridized carbons (Fsp3) is 0.684. The van der Waals surface area contributed by atoms with Crippen LogP contribution in [0.5, 0.6) is 5.75 Å². The van der Waals surface area contributed by atoms with Gasteiger partial charge < -0.3 is 14.2 Å². The summed E-state index contributed by atoms with van der Waals surface area (Å²) in [5.41, 5.74) is 0.0945. The topological polar surface area (TPSA) is 102 Å². The van der Waals surface area contributed by atoms with Gasteiger partial charge in [-0.25, -0.2) is 18.0 Å². The molecule has 0 aromatic carbocycles. The summed E-state index contributed by atoms with van der Waals surface area (Å²) in [6.07, 6.45) is 3.73. The monoisotopic (exact) mass is 460 g/mol. The summed E-state index contributed by atoms with van der Waals surface area (Å²) in [7, 11) is -1.27. The summed E-state index contributed by atoms with van der Waals surface area (Å²) in [5, 5.41) is 1.43. The Morgan fingerprint density at radius 1 is 1.30 bits per heavy atom. The number of unbranched alkanes of at least 4 members (excludes halogenated alkanes) is 1. The summed E-state index contributed by atoms with van der Waals surface area (Å²) in [6.45, 7) is 3.08. The molecule has 3 heterocycles. The minimum absolute atomic E-state index is 0.00902. The van der Waals surface area contributed by atoms with Crippen LogP contribution in [0.2, 0.25) is 0 Å². The van der Waals surface area contributed by atoms with Crippen molar-refractivity contribution >= 4 is 33.4 Å². The summed E-state index contributed by atoms with van der Waals surface area (Å²) in [4.78, 5) is 25.9. The third-order valence-electron chi connectivity index (χ3n) is 5.61. The van der Waals surface area contributed by atoms with Crippen molar-refractivity contribution in [1.82, 2.24) is 9.21 Å². The predicted molar refractivity (Wildman–Crippen MR) is 110 cm³/mol. The molecule has 2 aliphatic heterocycles. The zero-order valence-corrected chi connectivity index (χ0v) is 19.1. The molecule has 0 radical (unpaired) electrons. The van der Waals surface area contributed by atoms with Crippen LogP contribution in [0.25, 0.3) is 0 Å². The van der Waals surface area contributed by atoms with Gasteiger partial charge in [-0.05, 0) is 19.3 Å². The molecule has 2 saturated heterocycles. The van der Waals surface area contributed by atoms with Crippen molar-refractivity contribution in [1.29, 1.82) is 0 Å². The SMILES string of the molecule is CCCCC1COC(=O)N1C1CCN(S(=O)(=O)c2scc(C(=O)OC)c2OC)CC1. The van der Waals surface area contributed by atoms with E-state index in [1.54, 1.807) is 4.90 Å². The number of methoxy groups -OCH3 is 2. The molecule has 3 rings (SSSR count). The number of cyclic esters (lactones) is 1. The molecule has 2 aliphatic rings. The van der Waals surface area contributed by atoms with E-state index in [0.29, 0.717) is 19.4 Å². The van der Waals surface area contributed by atoms with Gasteiger partial charge in [-0.1, -0.05) is 19.8 Å². The highest BCUT2D eigenvalue weighted by Crippen LogP contribution is 2.38. The Morgan fingerprint density at radius 2 is 2.00 bits per heavy atom. The third-order valence-corrected chi connectivity index (χ3v) is 8.98. The van der Waals surface area contributed by atoms with Crippen LogP contribution >= 0.6 is 11.3 Å². The first-order valence-electron chi connectivity index (χ1n) is 10.0. The molecule has 1 atom stereocenters. The lowest BCUT2D eigenvalue weighted by Gasteiger charge is -2.37. The first-order chi connectivity index (χ1) is 14.3. The Balaban J connectivity index is 1.72. The Bertz CT molecular complexity index is 875. The van der Waals surface area contributed by atoms with Gasteiger partial charge in [0.05, 0.1) is 20.3 Å². The largest absolute Gasteiger partial charge is 0.494 e. The van der Waals surface area contributed by atoms with Crippen LogP contribution in [0.15, 0.2) is 9.59 Å². The molecule has 0 aliphatic carbocycles. The van der Waals surface area contributed by atoms with Crippen molar-refractivity contribution in [3.63, 3.8) is 0 Å². The van der Waals surface area contributed by atoms with E-state index >= 15 is 0 Å². The molecule has 1 amide bonds. The van der Waals surface area contributed by atoms with Gasteiger partial charge in [0.15, 0.2) is 9.96 Å². The van der Waals surface area contributed by atoms with Crippen LogP contribution in [-0.2, 0) is 19.5 Å². The maximum absolute atomic E-state index is 13.2. The highest BCUT2D eigenvalue weighted by Gasteiger charge is 2.41. The average Bonchev–Trinajstić information content (AvgIpc) is 3.35. The van der Waals surface area contributed by atoms with Gasteiger partial charge in [0.25, 0.3) is 10.0 Å². The second kappa shape index (κ2) is 9.52. The third kappa shape index (κ3) is 4.28. The van der Waals surface area contributed by atoms with Gasteiger partial charge in [0, 0.05) is 24.5 Å². The number of thiophene rings is 1. The number of carbonyl (C=O) groups excluding carboxylic acids is 2. The number of hydrogen-bond acceptors (Lipinski definition) is 8. The molecular formula is C19H28N2O7S2. The molecule has 1 aromatic heterocycles. The smallest absolute Gasteiger partial charge is 0.410 e. The zero-order valence-electron chi connectivity index (χ0n) is 17.5. The number of rotatable bonds is 8. The van der Waals surface area contributed by atoms with Crippen LogP contribution in [0.4, 0.5) is 4.79 Å². The predicted octanol–water partition coefficient (Wildman–Crippen LogP) is 2.71. The van der Waals surface area contributed by atoms with Gasteiger partial charge >= 0.3 is 12.1 Å². The van der Waals surface area contributed by atoms with Gasteiger partial charge in [-0.2, -0.15) is 4.31 Å². The molecule has 168 valence electrons. The highest BCUT2D eigenvalue weighted by atomic mass is 32.2. The van der Waals surface area contributed by atoms with Gasteiger partial charge in [-0.3, -0.25) is 4.90 Å². The van der Waals surface area contributed by atoms with Crippen molar-refractivity contribution in [2.45, 2.75) is 55.3 Å². The van der Waals surface area contributed by atoms with Crippen molar-refractivity contribution in [2.75, 3.05) is 33.9 Å². The number of piperidine rings is 1. The quantitative estimate of drug-likeness (QED) is 0.550. The van der Waals surface area contributed by atoms with E-state index in [-0.39, 0.29) is 46.8 Å². The zero-order chi connectivity index (χ0) is 21.9. The Labute approximate surface area is 180 Å². The maximum Gasteiger partial charge on any atom is 0.410 e. The minimum atomic E-state index is -3.83. The average molecular weight is 461 g/mol. The molecule has 9 nitrogen and oxygen atoms in total. The molecule has 30 heavy (non-hydrogen) atoms. The number of amides is 1. The van der Waals surface area contributed by atoms with E-state index < -0.39 is 16.0 Å². The Kier molecular flexibility index (Phi) is 7.25. The first-order valence-corrected chi connectivity index (χ1v) is 12.4. The molecule has 1 unspecified atom stereocenters. The highest BCUT2D eigenvalue weighted by molar-refractivity contribution is 7.91. The second-order valence-electron chi connectivity index (χ2n) is 7.38. The fourth-order valence-electron chi connectivity index (χ4n) is 4.01. The molecule has 2 fully saturated rings. The minimum Gasteiger partial charge on any atom is -0.494 e. The summed E-state index contributed by atoms with van der Waals surface area (Å²) in [5.74, 6) is -0.634. The molecule has 0 spiro atoms. The van der Waals surface area contributed by atoms with Crippen LogP contribution in [-0.4, -0.2) is 75.7 Å². The number of sulfonamides is 1. The van der Waals surface area contributed by atoms with E-state index in [4.69, 9.17) is 14.2 Å². The van der Waals surface area contributed by atoms with Crippen LogP contribution in [0.3, 0.4) is 0 Å². The van der Waals surface area contributed by atoms with E-state index in [1.165, 1.54) is 23.9 Å². The number of esters is 1. The Hall–Kier alpha value is -1.85. The van der Waals surface area contributed by atoms with Crippen molar-refractivity contribution in [2.24, 2.45) is 0 Å². The molecule has 0 N–H and O–H groups in total. The van der Waals surface area contributed by atoms with E-state index in [9.17, 15) is 18.0 Å². The number of carbonyl (C=O) groups is 2. The van der Waals surface area contributed by atoms with E-state index in [2.05, 4.69) is 6.92 Å². The standard InChI is InChI=1S/C19H28N2O7S2/c1-4-5-6-14-11-28-19(23)21(14)13-7-9-20(10-8-13)30(24,25)18-16(26-2)15(12-29-18)17(22)27-3/h12-14H,4-11H2,1-3H3. The number of hydrogen-bond donors (Lipinski definition) is 0. The van der Waals surface area contributed by atoms with Gasteiger partial charge in [-0.15, -0.1) is 11.3 Å². The lowest BCUT2D eigenvalue weighted by molar-refractivity contribution is 0.0597. The second-order valence-corrected chi connectivity index (χ2v) is 10.4. The number of nitrogens with zero attached hydrogens (tertiary/aromatic N) is 2. The van der Waals surface area contributed by atoms with Crippen LogP contribution in [0, 0.1) is 0 Å². The first kappa shape index (κ1) is 22.8. The normalized spacial score (nSPS) is 21.0. The summed E-state index contributed by atoms with van der Waals surface area (Å²) >= 11 is 0.941. The van der Waals surface area contributed by atoms with Gasteiger partial charge in [0.2, 0.25) is 0 Å². The van der Waals surface area contributed by atoms with Crippen molar-refractivity contribution in [3.05, 3.63) is 10.9 Å². The lowest BCUT2D eigenvalue weighted by Crippen LogP contribution is -2.49. The molecule has 0 saturated carbocycles. The maximum atomic E-state index is 13.2.